The van der Waals surface area contributed by atoms with Crippen LogP contribution in [0.3, 0.4) is 0 Å². The molecule has 0 unspecified atom stereocenters. The molecule has 0 aliphatic rings. The van der Waals surface area contributed by atoms with Crippen LogP contribution < -0.4 is 0 Å². The van der Waals surface area contributed by atoms with Gasteiger partial charge >= 0.3 is 0 Å². The molecule has 1 heterocycles. The normalized spacial score (nSPS) is 11.0. The first-order valence-electron chi connectivity index (χ1n) is 7.69. The average molecular weight is 522 g/mol. The number of carbonyl (C=O) groups excluding carboxylic acids is 1. The third kappa shape index (κ3) is 3.41. The molecular weight excluding hydrogens is 518 g/mol. The van der Waals surface area contributed by atoms with Crippen molar-refractivity contribution >= 4 is 5.78 Å². The molecule has 3 rings (SSSR count). The summed E-state index contributed by atoms with van der Waals surface area (Å²) in [5, 5.41) is 13.3. The van der Waals surface area contributed by atoms with Crippen LogP contribution in [0.4, 0.5) is 43.9 Å². The van der Waals surface area contributed by atoms with Crippen molar-refractivity contribution in [2.24, 2.45) is 0 Å². The van der Waals surface area contributed by atoms with Gasteiger partial charge in [-0.3, -0.25) is 4.79 Å². The summed E-state index contributed by atoms with van der Waals surface area (Å²) in [4.78, 5) is 12.4. The van der Waals surface area contributed by atoms with Gasteiger partial charge in [-0.2, -0.15) is 9.78 Å². The van der Waals surface area contributed by atoms with E-state index >= 15 is 0 Å². The molecule has 4 nitrogen and oxygen atoms in total. The van der Waals surface area contributed by atoms with Gasteiger partial charge in [-0.25, -0.2) is 43.9 Å². The number of carbonyl (C=O) groups is 1. The van der Waals surface area contributed by atoms with Gasteiger partial charge in [0.05, 0.1) is 5.69 Å². The third-order valence-electron chi connectivity index (χ3n) is 4.10. The first-order chi connectivity index (χ1) is 14.3. The molecule has 0 bridgehead atoms. The molecule has 0 fully saturated rings. The molecule has 0 aliphatic heterocycles. The second-order valence-corrected chi connectivity index (χ2v) is 5.89. The van der Waals surface area contributed by atoms with E-state index in [0.717, 1.165) is 6.92 Å². The molecule has 2 aromatic carbocycles. The van der Waals surface area contributed by atoms with Gasteiger partial charge in [0, 0.05) is 17.1 Å². The summed E-state index contributed by atoms with van der Waals surface area (Å²) in [5.74, 6) is -29.0. The van der Waals surface area contributed by atoms with Crippen molar-refractivity contribution in [1.29, 1.82) is 0 Å². The number of nitrogens with zero attached hydrogens (tertiary/aromatic N) is 2. The van der Waals surface area contributed by atoms with Crippen LogP contribution in [0.1, 0.15) is 21.6 Å². The van der Waals surface area contributed by atoms with Crippen LogP contribution in [0.2, 0.25) is 0 Å². The Morgan fingerprint density at radius 2 is 1.00 bits per heavy atom. The van der Waals surface area contributed by atoms with Gasteiger partial charge < -0.3 is 5.11 Å². The second kappa shape index (κ2) is 8.47. The summed E-state index contributed by atoms with van der Waals surface area (Å²) >= 11 is 0. The zero-order valence-corrected chi connectivity index (χ0v) is 15.8. The van der Waals surface area contributed by atoms with Crippen molar-refractivity contribution in [2.75, 3.05) is 0 Å². The Balaban J connectivity index is 0.00000363. The minimum Gasteiger partial charge on any atom is -0.493 e. The average Bonchev–Trinajstić information content (AvgIpc) is 3.01. The number of aromatic hydroxyl groups is 1. The molecule has 0 spiro atoms. The van der Waals surface area contributed by atoms with Crippen LogP contribution in [0, 0.1) is 65.1 Å². The maximum absolute atomic E-state index is 14.0. The predicted octanol–water partition coefficient (Wildman–Crippen LogP) is 4.51. The Kier molecular flexibility index (Phi) is 6.67. The number of ketones is 1. The standard InChI is InChI=1S/C17H4F10N2O2.Cu/c1-2-3(16(30)4-5(18)7(20)9(22)8(21)6(4)19)17(31)29(28-2)15-13(26)11(24)10(23)12(25)14(15)27;/h31H,1H3;. The maximum atomic E-state index is 14.0. The summed E-state index contributed by atoms with van der Waals surface area (Å²) < 4.78 is 135. The summed E-state index contributed by atoms with van der Waals surface area (Å²) in [5.41, 5.74) is -6.05. The second-order valence-electron chi connectivity index (χ2n) is 5.89. The fourth-order valence-corrected chi connectivity index (χ4v) is 2.65. The zero-order chi connectivity index (χ0) is 23.5. The predicted molar refractivity (Wildman–Crippen MR) is 79.4 cm³/mol. The first kappa shape index (κ1) is 25.2. The number of aromatic nitrogens is 2. The first-order valence-corrected chi connectivity index (χ1v) is 7.69. The van der Waals surface area contributed by atoms with Crippen molar-refractivity contribution in [3.05, 3.63) is 75.0 Å². The Bertz CT molecular complexity index is 1230. The summed E-state index contributed by atoms with van der Waals surface area (Å²) in [6.07, 6.45) is 0. The van der Waals surface area contributed by atoms with E-state index in [1.165, 1.54) is 0 Å². The van der Waals surface area contributed by atoms with Crippen LogP contribution in [-0.2, 0) is 17.1 Å². The van der Waals surface area contributed by atoms with Gasteiger partial charge in [-0.1, -0.05) is 0 Å². The SMILES string of the molecule is Cc1nn(-c2c(F)c(F)c(F)c(F)c2F)c(O)c1C(=O)c1c(F)c(F)c(F)c(F)c1F.[Cu]. The Hall–Kier alpha value is -3.06. The summed E-state index contributed by atoms with van der Waals surface area (Å²) in [6, 6.07) is 0. The van der Waals surface area contributed by atoms with E-state index < -0.39 is 92.3 Å². The van der Waals surface area contributed by atoms with E-state index in [9.17, 15) is 53.8 Å². The topological polar surface area (TPSA) is 55.1 Å². The van der Waals surface area contributed by atoms with Crippen molar-refractivity contribution < 1.29 is 70.9 Å². The fraction of sp³-hybridized carbons (Fsp3) is 0.0588. The number of hydrogen-bond acceptors (Lipinski definition) is 3. The Labute approximate surface area is 180 Å². The quantitative estimate of drug-likeness (QED) is 0.181. The molecule has 32 heavy (non-hydrogen) atoms. The van der Waals surface area contributed by atoms with Crippen molar-refractivity contribution in [3.63, 3.8) is 0 Å². The minimum atomic E-state index is -2.59. The van der Waals surface area contributed by atoms with Gasteiger partial charge in [-0.05, 0) is 6.92 Å². The summed E-state index contributed by atoms with van der Waals surface area (Å²) in [7, 11) is 0. The van der Waals surface area contributed by atoms with Crippen LogP contribution in [0.25, 0.3) is 5.69 Å². The van der Waals surface area contributed by atoms with E-state index in [1.54, 1.807) is 0 Å². The van der Waals surface area contributed by atoms with E-state index in [4.69, 9.17) is 0 Å². The van der Waals surface area contributed by atoms with Gasteiger partial charge in [-0.15, -0.1) is 0 Å². The number of hydrogen-bond donors (Lipinski definition) is 1. The maximum Gasteiger partial charge on any atom is 0.226 e. The number of benzene rings is 2. The van der Waals surface area contributed by atoms with E-state index in [2.05, 4.69) is 5.10 Å². The van der Waals surface area contributed by atoms with Crippen molar-refractivity contribution in [2.45, 2.75) is 6.92 Å². The monoisotopic (exact) mass is 521 g/mol. The number of rotatable bonds is 3. The molecular formula is C17H4CuF10N2O2. The van der Waals surface area contributed by atoms with Crippen LogP contribution in [0.15, 0.2) is 0 Å². The molecule has 0 saturated heterocycles. The van der Waals surface area contributed by atoms with Crippen LogP contribution in [-0.4, -0.2) is 20.7 Å². The van der Waals surface area contributed by atoms with E-state index in [1.807, 2.05) is 0 Å². The van der Waals surface area contributed by atoms with Gasteiger partial charge in [0.2, 0.25) is 23.3 Å². The molecule has 0 atom stereocenters. The largest absolute Gasteiger partial charge is 0.493 e. The van der Waals surface area contributed by atoms with Gasteiger partial charge in [0.1, 0.15) is 16.8 Å². The van der Waals surface area contributed by atoms with Crippen molar-refractivity contribution in [3.8, 4) is 11.6 Å². The van der Waals surface area contributed by atoms with Crippen LogP contribution >= 0.6 is 0 Å². The molecule has 0 amide bonds. The smallest absolute Gasteiger partial charge is 0.226 e. The fourth-order valence-electron chi connectivity index (χ4n) is 2.65. The molecule has 1 radical (unpaired) electrons. The van der Waals surface area contributed by atoms with Gasteiger partial charge in [0.15, 0.2) is 46.5 Å². The molecule has 0 saturated carbocycles. The molecule has 3 aromatic rings. The number of aryl methyl sites for hydroxylation is 1. The number of halogens is 10. The summed E-state index contributed by atoms with van der Waals surface area (Å²) in [6.45, 7) is 0.779. The Morgan fingerprint density at radius 1 is 0.656 bits per heavy atom. The molecule has 0 aliphatic carbocycles. The Morgan fingerprint density at radius 3 is 1.41 bits per heavy atom. The molecule has 1 aromatic heterocycles. The minimum absolute atomic E-state index is 0. The van der Waals surface area contributed by atoms with Crippen LogP contribution in [0.5, 0.6) is 5.88 Å². The molecule has 15 heteroatoms. The molecule has 1 N–H and O–H groups in total. The van der Waals surface area contributed by atoms with Gasteiger partial charge in [0.25, 0.3) is 0 Å². The zero-order valence-electron chi connectivity index (χ0n) is 14.8. The third-order valence-corrected chi connectivity index (χ3v) is 4.10. The van der Waals surface area contributed by atoms with E-state index in [-0.39, 0.29) is 21.8 Å². The van der Waals surface area contributed by atoms with Crippen molar-refractivity contribution in [1.82, 2.24) is 9.78 Å². The van der Waals surface area contributed by atoms with E-state index in [0.29, 0.717) is 0 Å². The molecule has 175 valence electrons.